The van der Waals surface area contributed by atoms with Gasteiger partial charge in [-0.3, -0.25) is 4.72 Å². The van der Waals surface area contributed by atoms with Gasteiger partial charge in [-0.1, -0.05) is 11.6 Å². The molecule has 1 aromatic carbocycles. The lowest BCUT2D eigenvalue weighted by molar-refractivity contribution is 0.0693. The number of aromatic carboxylic acids is 1. The largest absolute Gasteiger partial charge is 0.496 e. The highest BCUT2D eigenvalue weighted by molar-refractivity contribution is 7.90. The first-order valence-corrected chi connectivity index (χ1v) is 6.49. The van der Waals surface area contributed by atoms with E-state index in [1.165, 1.54) is 20.2 Å². The van der Waals surface area contributed by atoms with Crippen molar-refractivity contribution in [3.05, 3.63) is 22.7 Å². The Morgan fingerprint density at radius 2 is 2.06 bits per heavy atom. The standard InChI is InChI=1S/C9H11ClN2O5S/c1-11-18(15,16)12-7-4-8(17-2)5(9(13)14)3-6(7)10/h3-4,11-12H,1-2H3,(H,13,14). The summed E-state index contributed by atoms with van der Waals surface area (Å²) in [6, 6.07) is 2.30. The van der Waals surface area contributed by atoms with Crippen LogP contribution >= 0.6 is 11.6 Å². The molecule has 9 heteroatoms. The number of halogens is 1. The predicted molar refractivity (Wildman–Crippen MR) is 66.6 cm³/mol. The van der Waals surface area contributed by atoms with Gasteiger partial charge in [0, 0.05) is 13.1 Å². The van der Waals surface area contributed by atoms with Gasteiger partial charge in [-0.25, -0.2) is 9.52 Å². The Balaban J connectivity index is 3.28. The average molecular weight is 295 g/mol. The van der Waals surface area contributed by atoms with Crippen molar-refractivity contribution in [3.63, 3.8) is 0 Å². The van der Waals surface area contributed by atoms with E-state index in [0.717, 1.165) is 6.07 Å². The number of benzene rings is 1. The fourth-order valence-corrected chi connectivity index (χ4v) is 1.99. The van der Waals surface area contributed by atoms with Crippen LogP contribution in [-0.4, -0.2) is 33.7 Å². The van der Waals surface area contributed by atoms with Gasteiger partial charge in [0.1, 0.15) is 11.3 Å². The van der Waals surface area contributed by atoms with Gasteiger partial charge in [0.2, 0.25) is 0 Å². The number of carbonyl (C=O) groups is 1. The molecule has 0 fully saturated rings. The van der Waals surface area contributed by atoms with Crippen molar-refractivity contribution in [1.82, 2.24) is 4.72 Å². The molecule has 1 aromatic rings. The van der Waals surface area contributed by atoms with Gasteiger partial charge in [-0.2, -0.15) is 8.42 Å². The predicted octanol–water partition coefficient (Wildman–Crippen LogP) is 0.923. The van der Waals surface area contributed by atoms with Gasteiger partial charge >= 0.3 is 5.97 Å². The minimum atomic E-state index is -3.74. The molecule has 0 saturated heterocycles. The Bertz CT molecular complexity index is 573. The van der Waals surface area contributed by atoms with Crippen LogP contribution in [0.25, 0.3) is 0 Å². The maximum atomic E-state index is 11.3. The first-order valence-electron chi connectivity index (χ1n) is 4.63. The Morgan fingerprint density at radius 1 is 1.44 bits per heavy atom. The highest BCUT2D eigenvalue weighted by atomic mass is 35.5. The zero-order chi connectivity index (χ0) is 13.9. The summed E-state index contributed by atoms with van der Waals surface area (Å²) in [6.07, 6.45) is 0. The number of carboxylic acid groups (broad SMARTS) is 1. The van der Waals surface area contributed by atoms with E-state index >= 15 is 0 Å². The van der Waals surface area contributed by atoms with E-state index < -0.39 is 16.2 Å². The van der Waals surface area contributed by atoms with Crippen LogP contribution in [0.1, 0.15) is 10.4 Å². The van der Waals surface area contributed by atoms with E-state index in [9.17, 15) is 13.2 Å². The number of hydrogen-bond acceptors (Lipinski definition) is 4. The van der Waals surface area contributed by atoms with Crippen LogP contribution in [0.15, 0.2) is 12.1 Å². The summed E-state index contributed by atoms with van der Waals surface area (Å²) in [5.41, 5.74) is -0.136. The number of carboxylic acids is 1. The second kappa shape index (κ2) is 5.42. The maximum Gasteiger partial charge on any atom is 0.339 e. The van der Waals surface area contributed by atoms with Crippen LogP contribution in [0.4, 0.5) is 5.69 Å². The molecule has 0 spiro atoms. The molecule has 0 aliphatic heterocycles. The Kier molecular flexibility index (Phi) is 4.38. The van der Waals surface area contributed by atoms with E-state index in [1.54, 1.807) is 0 Å². The molecule has 0 aliphatic rings. The molecule has 0 unspecified atom stereocenters. The topological polar surface area (TPSA) is 105 Å². The summed E-state index contributed by atoms with van der Waals surface area (Å²) >= 11 is 5.79. The van der Waals surface area contributed by atoms with Gasteiger partial charge in [0.15, 0.2) is 0 Å². The third kappa shape index (κ3) is 3.25. The number of anilines is 1. The van der Waals surface area contributed by atoms with Crippen LogP contribution in [0.2, 0.25) is 5.02 Å². The van der Waals surface area contributed by atoms with E-state index in [1.807, 2.05) is 4.72 Å². The lowest BCUT2D eigenvalue weighted by Gasteiger charge is -2.12. The Labute approximate surface area is 109 Å². The first-order chi connectivity index (χ1) is 8.30. The van der Waals surface area contributed by atoms with Crippen molar-refractivity contribution < 1.29 is 23.1 Å². The summed E-state index contributed by atoms with van der Waals surface area (Å²) in [5.74, 6) is -1.22. The van der Waals surface area contributed by atoms with Gasteiger partial charge in [0.05, 0.1) is 17.8 Å². The minimum absolute atomic E-state index is 0.000651. The minimum Gasteiger partial charge on any atom is -0.496 e. The number of methoxy groups -OCH3 is 1. The third-order valence-corrected chi connectivity index (χ3v) is 3.37. The van der Waals surface area contributed by atoms with E-state index in [2.05, 4.69) is 4.72 Å². The molecule has 100 valence electrons. The molecule has 0 saturated carbocycles. The SMILES string of the molecule is CNS(=O)(=O)Nc1cc(OC)c(C(=O)O)cc1Cl. The molecule has 0 bridgehead atoms. The van der Waals surface area contributed by atoms with Crippen molar-refractivity contribution in [1.29, 1.82) is 0 Å². The normalized spacial score (nSPS) is 11.1. The molecule has 0 amide bonds. The van der Waals surface area contributed by atoms with Crippen molar-refractivity contribution in [3.8, 4) is 5.75 Å². The van der Waals surface area contributed by atoms with Crippen molar-refractivity contribution in [2.45, 2.75) is 0 Å². The first kappa shape index (κ1) is 14.6. The quantitative estimate of drug-likeness (QED) is 0.749. The molecule has 3 N–H and O–H groups in total. The summed E-state index contributed by atoms with van der Waals surface area (Å²) < 4.78 is 31.6. The van der Waals surface area contributed by atoms with Crippen LogP contribution in [-0.2, 0) is 10.2 Å². The maximum absolute atomic E-state index is 11.3. The number of hydrogen-bond donors (Lipinski definition) is 3. The van der Waals surface area contributed by atoms with Crippen LogP contribution in [0.5, 0.6) is 5.75 Å². The lowest BCUT2D eigenvalue weighted by Crippen LogP contribution is -2.26. The summed E-state index contributed by atoms with van der Waals surface area (Å²) in [5, 5.41) is 8.85. The fourth-order valence-electron chi connectivity index (χ4n) is 1.16. The summed E-state index contributed by atoms with van der Waals surface area (Å²) in [4.78, 5) is 10.9. The number of nitrogens with one attached hydrogen (secondary N) is 2. The smallest absolute Gasteiger partial charge is 0.339 e. The van der Waals surface area contributed by atoms with Gasteiger partial charge in [0.25, 0.3) is 10.2 Å². The van der Waals surface area contributed by atoms with Crippen molar-refractivity contribution in [2.75, 3.05) is 18.9 Å². The molecule has 0 heterocycles. The van der Waals surface area contributed by atoms with E-state index in [4.69, 9.17) is 21.4 Å². The molecule has 1 rings (SSSR count). The molecule has 0 aromatic heterocycles. The monoisotopic (exact) mass is 294 g/mol. The van der Waals surface area contributed by atoms with E-state index in [-0.39, 0.29) is 22.0 Å². The summed E-state index contributed by atoms with van der Waals surface area (Å²) in [7, 11) is -1.25. The van der Waals surface area contributed by atoms with Gasteiger partial charge < -0.3 is 9.84 Å². The molecule has 18 heavy (non-hydrogen) atoms. The fraction of sp³-hybridized carbons (Fsp3) is 0.222. The van der Waals surface area contributed by atoms with Crippen LogP contribution in [0.3, 0.4) is 0 Å². The second-order valence-electron chi connectivity index (χ2n) is 3.15. The second-order valence-corrected chi connectivity index (χ2v) is 5.17. The van der Waals surface area contributed by atoms with Crippen molar-refractivity contribution in [2.24, 2.45) is 0 Å². The lowest BCUT2D eigenvalue weighted by atomic mass is 10.2. The van der Waals surface area contributed by atoms with Gasteiger partial charge in [-0.15, -0.1) is 0 Å². The average Bonchev–Trinajstić information content (AvgIpc) is 2.30. The molecular formula is C9H11ClN2O5S. The van der Waals surface area contributed by atoms with Crippen molar-refractivity contribution >= 4 is 33.5 Å². The highest BCUT2D eigenvalue weighted by Gasteiger charge is 2.17. The molecule has 0 aliphatic carbocycles. The number of ether oxygens (including phenoxy) is 1. The molecule has 7 nitrogen and oxygen atoms in total. The zero-order valence-corrected chi connectivity index (χ0v) is 11.1. The van der Waals surface area contributed by atoms with Crippen LogP contribution < -0.4 is 14.2 Å². The molecular weight excluding hydrogens is 284 g/mol. The Hall–Kier alpha value is -1.51. The Morgan fingerprint density at radius 3 is 2.50 bits per heavy atom. The third-order valence-electron chi connectivity index (χ3n) is 2.03. The van der Waals surface area contributed by atoms with Crippen LogP contribution in [0, 0.1) is 0 Å². The molecule has 0 atom stereocenters. The zero-order valence-electron chi connectivity index (χ0n) is 9.52. The van der Waals surface area contributed by atoms with E-state index in [0.29, 0.717) is 0 Å². The number of rotatable bonds is 5. The summed E-state index contributed by atoms with van der Waals surface area (Å²) in [6.45, 7) is 0. The van der Waals surface area contributed by atoms with Gasteiger partial charge in [-0.05, 0) is 6.07 Å². The highest BCUT2D eigenvalue weighted by Crippen LogP contribution is 2.31. The molecule has 0 radical (unpaired) electrons.